The number of carbonyl (C=O) groups excluding carboxylic acids is 18. The highest BCUT2D eigenvalue weighted by atomic mass is 32.2. The number of thioether (sulfide) groups is 1. The van der Waals surface area contributed by atoms with E-state index in [2.05, 4.69) is 57.2 Å². The van der Waals surface area contributed by atoms with Gasteiger partial charge in [-0.25, -0.2) is 4.98 Å². The fourth-order valence-corrected chi connectivity index (χ4v) is 19.2. The Labute approximate surface area is 794 Å². The summed E-state index contributed by atoms with van der Waals surface area (Å²) < 4.78 is 0. The largest absolute Gasteiger partial charge is 0.508 e. The highest BCUT2D eigenvalue weighted by molar-refractivity contribution is 7.99. The van der Waals surface area contributed by atoms with Crippen molar-refractivity contribution in [3.05, 3.63) is 120 Å². The predicted octanol–water partition coefficient (Wildman–Crippen LogP) is -0.302. The van der Waals surface area contributed by atoms with Crippen LogP contribution in [0.15, 0.2) is 97.7 Å². The zero-order valence-corrected chi connectivity index (χ0v) is 78.0. The van der Waals surface area contributed by atoms with Crippen LogP contribution in [0.2, 0.25) is 0 Å². The van der Waals surface area contributed by atoms with Crippen LogP contribution in [0.5, 0.6) is 5.75 Å². The monoisotopic (exact) mass is 1920 g/mol. The van der Waals surface area contributed by atoms with Crippen LogP contribution >= 0.6 is 11.8 Å². The number of para-hydroxylation sites is 2. The first-order valence-corrected chi connectivity index (χ1v) is 47.5. The number of fused-ring (bicyclic) bond motifs is 5. The Morgan fingerprint density at radius 2 is 1.08 bits per heavy atom. The number of nitrogens with zero attached hydrogens (tertiary/aromatic N) is 6. The van der Waals surface area contributed by atoms with Crippen molar-refractivity contribution in [2.24, 2.45) is 35.0 Å². The van der Waals surface area contributed by atoms with E-state index in [1.807, 2.05) is 6.92 Å². The van der Waals surface area contributed by atoms with Crippen molar-refractivity contribution in [2.45, 2.75) is 241 Å². The molecule has 7 heterocycles. The lowest BCUT2D eigenvalue weighted by Gasteiger charge is -2.38. The third-order valence-electron chi connectivity index (χ3n) is 25.6. The molecule has 4 aliphatic heterocycles. The van der Waals surface area contributed by atoms with Crippen LogP contribution in [-0.2, 0) is 117 Å². The molecule has 740 valence electrons. The average Bonchev–Trinajstić information content (AvgIpc) is 1.68. The fraction of sp³-hybridized carbons (Fsp3) is 0.532. The number of aliphatic hydroxyl groups is 2. The quantitative estimate of drug-likeness (QED) is 0.0331. The van der Waals surface area contributed by atoms with E-state index in [1.54, 1.807) is 67.8 Å². The van der Waals surface area contributed by atoms with Crippen molar-refractivity contribution in [2.75, 3.05) is 58.4 Å². The van der Waals surface area contributed by atoms with E-state index < -0.39 is 285 Å². The molecule has 4 saturated heterocycles. The average molecular weight is 1920 g/mol. The number of aromatic amines is 3. The number of unbranched alkanes of at least 4 members (excludes halogenated alkanes) is 2. The molecule has 20 N–H and O–H groups in total. The number of rotatable bonds is 26. The number of ketones is 3. The van der Waals surface area contributed by atoms with Gasteiger partial charge in [-0.1, -0.05) is 88.1 Å². The van der Waals surface area contributed by atoms with Crippen molar-refractivity contribution in [1.29, 1.82) is 0 Å². The van der Waals surface area contributed by atoms with Crippen LogP contribution in [-0.4, -0.2) is 308 Å². The molecule has 4 aliphatic rings. The van der Waals surface area contributed by atoms with Crippen LogP contribution in [0.1, 0.15) is 165 Å². The number of carbonyl (C=O) groups is 19. The second kappa shape index (κ2) is 50.4. The number of amides is 15. The summed E-state index contributed by atoms with van der Waals surface area (Å²) >= 11 is 0.792. The summed E-state index contributed by atoms with van der Waals surface area (Å²) in [6.07, 6.45) is -0.0565. The molecule has 0 radical (unpaired) electrons. The molecule has 42 nitrogen and oxygen atoms in total. The Morgan fingerprint density at radius 3 is 1.71 bits per heavy atom. The van der Waals surface area contributed by atoms with E-state index in [1.165, 1.54) is 55.8 Å². The molecule has 0 aliphatic carbocycles. The Balaban J connectivity index is 1.03. The third-order valence-corrected chi connectivity index (χ3v) is 26.7. The highest BCUT2D eigenvalue weighted by Gasteiger charge is 2.48. The van der Waals surface area contributed by atoms with Gasteiger partial charge in [0.15, 0.2) is 17.3 Å². The van der Waals surface area contributed by atoms with Crippen molar-refractivity contribution in [3.8, 4) is 5.75 Å². The van der Waals surface area contributed by atoms with Gasteiger partial charge in [0, 0.05) is 162 Å². The van der Waals surface area contributed by atoms with E-state index in [4.69, 9.17) is 17.2 Å². The van der Waals surface area contributed by atoms with Gasteiger partial charge in [0.05, 0.1) is 61.3 Å². The molecular weight excluding hydrogens is 1800 g/mol. The number of phenolic OH excluding ortho intramolecular Hbond substituents is 1. The standard InChI is InChI=1S/C94H125N19O23S/c1-5-7-20-72-87(129)104-65(29-31-83(124)125)76(117)39-57(84(126)101-46-81(97)122)49-137-50-82(123)103-68(34-52-24-27-59(115)28-25-52)93(135)111-32-14-13-22-71(111)78(119)38-54(40-80(96)121)91(133)112-33-15-23-73(112)88(130)105-66(41-58-45-98-51-102-58)77(118)37-53(26-30-79(95)120)90(132)113-47-60(116)42-75(113)89(131)106-67(35-55-43-99-63-18-11-9-16-61(55)63)85(127)108-70(48-114)86(128)107-69(36-56-44-100-64-19-12-10-17-62(56)64)92(134)110(4)74(21-8-6-2)94(136)109(72)3/h9-12,16-19,24-25,27-28,43-45,51,53-54,57,60,65-75,99-100,114-116H,5-8,13-15,20-23,26,29-42,46-50H2,1-4H3,(H2,95,120)(H2,96,121)(H2,97,122)(H,98,102)(H,101,126)(H,103,123)(H,104,129)(H,105,130)(H,106,131)(H,107,128)(H,108,127)(H,124,125)/t53-,54+,57+,60-,65+,66+,67+,68+,69+,70+,71+,72+,73+,74+,75+/m1/s1. The number of hydrogen-bond donors (Lipinski definition) is 17. The van der Waals surface area contributed by atoms with Gasteiger partial charge in [-0.15, -0.1) is 0 Å². The lowest BCUT2D eigenvalue weighted by atomic mass is 9.89. The van der Waals surface area contributed by atoms with E-state index in [-0.39, 0.29) is 88.8 Å². The van der Waals surface area contributed by atoms with Gasteiger partial charge >= 0.3 is 5.97 Å². The zero-order valence-electron chi connectivity index (χ0n) is 77.2. The minimum atomic E-state index is -1.93. The molecule has 6 aromatic rings. The van der Waals surface area contributed by atoms with Gasteiger partial charge in [-0.05, 0) is 98.7 Å². The molecule has 137 heavy (non-hydrogen) atoms. The minimum absolute atomic E-state index is 0.0143. The molecule has 10 rings (SSSR count). The summed E-state index contributed by atoms with van der Waals surface area (Å²) in [5.74, 6) is -23.4. The first-order valence-electron chi connectivity index (χ1n) is 46.4. The molecular formula is C94H125N19O23S. The number of piperidine rings is 1. The van der Waals surface area contributed by atoms with Crippen LogP contribution in [0.4, 0.5) is 0 Å². The summed E-state index contributed by atoms with van der Waals surface area (Å²) in [4.78, 5) is 296. The molecule has 0 bridgehead atoms. The van der Waals surface area contributed by atoms with Gasteiger partial charge in [0.2, 0.25) is 88.6 Å². The van der Waals surface area contributed by atoms with Gasteiger partial charge < -0.3 is 114 Å². The van der Waals surface area contributed by atoms with E-state index >= 15 is 57.5 Å². The van der Waals surface area contributed by atoms with Gasteiger partial charge in [-0.3, -0.25) is 91.1 Å². The number of aliphatic carboxylic acids is 1. The maximum absolute atomic E-state index is 15.7. The molecule has 15 atom stereocenters. The molecule has 0 saturated carbocycles. The number of phenols is 1. The van der Waals surface area contributed by atoms with Gasteiger partial charge in [0.25, 0.3) is 0 Å². The Morgan fingerprint density at radius 1 is 0.518 bits per heavy atom. The Bertz CT molecular complexity index is 5360. The maximum atomic E-state index is 15.7. The van der Waals surface area contributed by atoms with Crippen LogP contribution < -0.4 is 54.4 Å². The second-order valence-electron chi connectivity index (χ2n) is 35.6. The first kappa shape index (κ1) is 106. The van der Waals surface area contributed by atoms with E-state index in [9.17, 15) is 54.0 Å². The summed E-state index contributed by atoms with van der Waals surface area (Å²) in [6.45, 7) is 1.07. The van der Waals surface area contributed by atoms with Gasteiger partial charge in [-0.2, -0.15) is 11.8 Å². The molecule has 15 amide bonds. The maximum Gasteiger partial charge on any atom is 0.303 e. The summed E-state index contributed by atoms with van der Waals surface area (Å²) in [5, 5.41) is 62.8. The number of Topliss-reactive ketones (excluding diaryl/α,β-unsaturated/α-hetero) is 3. The van der Waals surface area contributed by atoms with E-state index in [0.717, 1.165) is 31.4 Å². The Kier molecular flexibility index (Phi) is 38.8. The molecule has 4 fully saturated rings. The SMILES string of the molecule is CCCC[C@H]1C(=O)N(C)[C@@H](CCCC)C(=O)N[C@@H](CCC(=O)O)C(=O)C[C@H](C(=O)NCC(N)=O)CSCC(=O)N[C@@H](Cc2ccc(O)cc2)C(=O)N2CCCC[C@H]2C(=O)C[C@@H](CC(N)=O)C(=O)N2CCC[C@H]2C(=O)N[C@@H](Cc2cnc[nH]2)C(=O)C[C@@H](CCC(N)=O)C(=O)N2C[C@H](O)C[C@H]2C(=O)N[C@@H](Cc2c[nH]c3ccccc23)C(=O)N[C@@H](CO)C(=O)N[C@@H](Cc2c[nH]c3ccccc23)C(=O)N1C. The van der Waals surface area contributed by atoms with Crippen molar-refractivity contribution < 1.29 is 112 Å². The highest BCUT2D eigenvalue weighted by Crippen LogP contribution is 2.32. The topological polar surface area (TPSA) is 644 Å². The number of nitrogens with two attached hydrogens (primary N) is 3. The number of aromatic hydroxyl groups is 1. The van der Waals surface area contributed by atoms with Gasteiger partial charge in [0.1, 0.15) is 54.1 Å². The number of carboxylic acids is 1. The number of imidazole rings is 1. The Hall–Kier alpha value is -13.5. The van der Waals surface area contributed by atoms with Crippen molar-refractivity contribution in [3.63, 3.8) is 0 Å². The number of benzene rings is 3. The number of aliphatic hydroxyl groups excluding tert-OH is 2. The van der Waals surface area contributed by atoms with Crippen molar-refractivity contribution in [1.82, 2.24) is 81.7 Å². The summed E-state index contributed by atoms with van der Waals surface area (Å²) in [5.41, 5.74) is 19.8. The van der Waals surface area contributed by atoms with Crippen LogP contribution in [0.3, 0.4) is 0 Å². The zero-order chi connectivity index (χ0) is 99.4. The minimum Gasteiger partial charge on any atom is -0.508 e. The molecule has 43 heteroatoms. The number of hydrogen-bond acceptors (Lipinski definition) is 24. The number of primary amides is 3. The smallest absolute Gasteiger partial charge is 0.303 e. The number of carboxylic acid groups (broad SMARTS) is 1. The van der Waals surface area contributed by atoms with Crippen LogP contribution in [0.25, 0.3) is 21.8 Å². The van der Waals surface area contributed by atoms with Crippen LogP contribution in [0, 0.1) is 17.8 Å². The lowest BCUT2D eigenvalue weighted by molar-refractivity contribution is -0.149. The van der Waals surface area contributed by atoms with E-state index in [0.29, 0.717) is 76.3 Å². The van der Waals surface area contributed by atoms with Crippen molar-refractivity contribution >= 4 is 145 Å². The number of H-pyrrole nitrogens is 3. The lowest BCUT2D eigenvalue weighted by Crippen LogP contribution is -2.61. The summed E-state index contributed by atoms with van der Waals surface area (Å²) in [7, 11) is 2.61. The molecule has 3 aromatic carbocycles. The summed E-state index contributed by atoms with van der Waals surface area (Å²) in [6, 6.07) is 2.45. The normalized spacial score (nSPS) is 25.2. The molecule has 3 aromatic heterocycles. The number of nitrogens with one attached hydrogen (secondary N) is 10. The second-order valence-corrected chi connectivity index (χ2v) is 36.7. The number of aromatic nitrogens is 4. The number of likely N-dealkylation sites (N-methyl/N-ethyl adjacent to an activating group) is 2. The molecule has 0 unspecified atom stereocenters. The third kappa shape index (κ3) is 29.1. The molecule has 0 spiro atoms. The fourth-order valence-electron chi connectivity index (χ4n) is 18.2. The first-order chi connectivity index (χ1) is 65.4. The predicted molar refractivity (Wildman–Crippen MR) is 497 cm³/mol.